The topological polar surface area (TPSA) is 17.8 Å². The lowest BCUT2D eigenvalue weighted by Crippen LogP contribution is -2.03. The molecule has 56 valence electrons. The van der Waals surface area contributed by atoms with E-state index < -0.39 is 0 Å². The first-order valence-corrected chi connectivity index (χ1v) is 4.23. The van der Waals surface area contributed by atoms with E-state index in [0.29, 0.717) is 6.04 Å². The van der Waals surface area contributed by atoms with Gasteiger partial charge in [-0.25, -0.2) is 0 Å². The molecule has 1 atom stereocenters. The molecule has 0 saturated carbocycles. The maximum absolute atomic E-state index is 4.16. The highest BCUT2D eigenvalue weighted by molar-refractivity contribution is 9.10. The molecule has 0 aliphatic rings. The number of aromatic nitrogens is 2. The zero-order valence-corrected chi connectivity index (χ0v) is 7.80. The van der Waals surface area contributed by atoms with Crippen LogP contribution in [0.3, 0.4) is 0 Å². The first kappa shape index (κ1) is 7.79. The van der Waals surface area contributed by atoms with Crippen molar-refractivity contribution in [2.45, 2.75) is 26.3 Å². The van der Waals surface area contributed by atoms with Gasteiger partial charge in [0.1, 0.15) is 0 Å². The summed E-state index contributed by atoms with van der Waals surface area (Å²) in [6.07, 6.45) is 4.93. The van der Waals surface area contributed by atoms with Crippen LogP contribution in [0.1, 0.15) is 26.3 Å². The Hall–Kier alpha value is -0.310. The molecular formula is C7H11BrN2. The van der Waals surface area contributed by atoms with Gasteiger partial charge in [-0.2, -0.15) is 5.10 Å². The van der Waals surface area contributed by atoms with Crippen molar-refractivity contribution in [3.8, 4) is 0 Å². The Morgan fingerprint density at radius 2 is 2.50 bits per heavy atom. The fourth-order valence-corrected chi connectivity index (χ4v) is 1.04. The van der Waals surface area contributed by atoms with Gasteiger partial charge in [0.05, 0.1) is 10.7 Å². The van der Waals surface area contributed by atoms with Crippen LogP contribution in [-0.4, -0.2) is 9.78 Å². The van der Waals surface area contributed by atoms with E-state index >= 15 is 0 Å². The standard InChI is InChI=1S/C7H11BrN2/c1-3-6(2)10-5-7(8)4-9-10/h4-6H,3H2,1-2H3. The number of hydrogen-bond acceptors (Lipinski definition) is 1. The molecule has 1 rings (SSSR count). The molecule has 1 unspecified atom stereocenters. The van der Waals surface area contributed by atoms with Crippen LogP contribution in [0.2, 0.25) is 0 Å². The van der Waals surface area contributed by atoms with E-state index in [0.717, 1.165) is 10.9 Å². The third-order valence-electron chi connectivity index (χ3n) is 1.61. The molecule has 0 bridgehead atoms. The van der Waals surface area contributed by atoms with Crippen molar-refractivity contribution in [2.24, 2.45) is 0 Å². The van der Waals surface area contributed by atoms with E-state index in [2.05, 4.69) is 34.9 Å². The molecule has 0 fully saturated rings. The van der Waals surface area contributed by atoms with Gasteiger partial charge in [0.25, 0.3) is 0 Å². The van der Waals surface area contributed by atoms with E-state index in [1.807, 2.05) is 17.1 Å². The number of hydrogen-bond donors (Lipinski definition) is 0. The quantitative estimate of drug-likeness (QED) is 0.722. The van der Waals surface area contributed by atoms with Crippen LogP contribution in [0.5, 0.6) is 0 Å². The Morgan fingerprint density at radius 1 is 1.80 bits per heavy atom. The summed E-state index contributed by atoms with van der Waals surface area (Å²) >= 11 is 3.35. The minimum absolute atomic E-state index is 0.506. The Bertz CT molecular complexity index is 207. The van der Waals surface area contributed by atoms with Gasteiger partial charge < -0.3 is 0 Å². The first-order chi connectivity index (χ1) is 4.74. The third kappa shape index (κ3) is 1.59. The molecule has 0 radical (unpaired) electrons. The van der Waals surface area contributed by atoms with Gasteiger partial charge >= 0.3 is 0 Å². The first-order valence-electron chi connectivity index (χ1n) is 3.43. The van der Waals surface area contributed by atoms with Gasteiger partial charge in [-0.15, -0.1) is 0 Å². The molecular weight excluding hydrogens is 192 g/mol. The van der Waals surface area contributed by atoms with Crippen LogP contribution < -0.4 is 0 Å². The van der Waals surface area contributed by atoms with Gasteiger partial charge in [0.2, 0.25) is 0 Å². The summed E-state index contributed by atoms with van der Waals surface area (Å²) in [4.78, 5) is 0. The number of halogens is 1. The Labute approximate surface area is 69.4 Å². The van der Waals surface area contributed by atoms with Crippen LogP contribution in [-0.2, 0) is 0 Å². The second-order valence-corrected chi connectivity index (χ2v) is 3.31. The average Bonchev–Trinajstić information content (AvgIpc) is 2.34. The molecule has 0 aliphatic heterocycles. The smallest absolute Gasteiger partial charge is 0.0632 e. The summed E-state index contributed by atoms with van der Waals surface area (Å²) in [6.45, 7) is 4.31. The SMILES string of the molecule is CCC(C)n1cc(Br)cn1. The second kappa shape index (κ2) is 3.19. The van der Waals surface area contributed by atoms with E-state index in [9.17, 15) is 0 Å². The Kier molecular flexibility index (Phi) is 2.49. The molecule has 10 heavy (non-hydrogen) atoms. The monoisotopic (exact) mass is 202 g/mol. The van der Waals surface area contributed by atoms with Gasteiger partial charge in [0.15, 0.2) is 0 Å². The van der Waals surface area contributed by atoms with Crippen molar-refractivity contribution in [3.05, 3.63) is 16.9 Å². The van der Waals surface area contributed by atoms with E-state index in [1.54, 1.807) is 0 Å². The summed E-state index contributed by atoms with van der Waals surface area (Å²) in [5, 5.41) is 4.16. The van der Waals surface area contributed by atoms with Crippen molar-refractivity contribution in [1.29, 1.82) is 0 Å². The highest BCUT2D eigenvalue weighted by Gasteiger charge is 2.01. The van der Waals surface area contributed by atoms with E-state index in [-0.39, 0.29) is 0 Å². The summed E-state index contributed by atoms with van der Waals surface area (Å²) < 4.78 is 3.01. The van der Waals surface area contributed by atoms with Crippen molar-refractivity contribution >= 4 is 15.9 Å². The lowest BCUT2D eigenvalue weighted by molar-refractivity contribution is 0.478. The van der Waals surface area contributed by atoms with Gasteiger partial charge in [-0.3, -0.25) is 4.68 Å². The number of nitrogens with zero attached hydrogens (tertiary/aromatic N) is 2. The molecule has 0 spiro atoms. The van der Waals surface area contributed by atoms with Crippen molar-refractivity contribution in [1.82, 2.24) is 9.78 Å². The molecule has 0 N–H and O–H groups in total. The highest BCUT2D eigenvalue weighted by Crippen LogP contribution is 2.13. The molecule has 1 aromatic heterocycles. The maximum Gasteiger partial charge on any atom is 0.0632 e. The predicted octanol–water partition coefficient (Wildman–Crippen LogP) is 2.62. The largest absolute Gasteiger partial charge is 0.269 e. The molecule has 1 heterocycles. The van der Waals surface area contributed by atoms with Gasteiger partial charge in [0, 0.05) is 12.2 Å². The predicted molar refractivity (Wildman–Crippen MR) is 44.9 cm³/mol. The van der Waals surface area contributed by atoms with E-state index in [4.69, 9.17) is 0 Å². The summed E-state index contributed by atoms with van der Waals surface area (Å²) in [5.74, 6) is 0. The van der Waals surface area contributed by atoms with Crippen molar-refractivity contribution < 1.29 is 0 Å². The Balaban J connectivity index is 2.74. The minimum Gasteiger partial charge on any atom is -0.269 e. The normalized spacial score (nSPS) is 13.5. The lowest BCUT2D eigenvalue weighted by atomic mass is 10.3. The lowest BCUT2D eigenvalue weighted by Gasteiger charge is -2.07. The molecule has 0 aliphatic carbocycles. The van der Waals surface area contributed by atoms with Crippen LogP contribution in [0, 0.1) is 0 Å². The summed E-state index contributed by atoms with van der Waals surface area (Å²) in [7, 11) is 0. The second-order valence-electron chi connectivity index (χ2n) is 2.40. The van der Waals surface area contributed by atoms with Crippen LogP contribution in [0.15, 0.2) is 16.9 Å². The fraction of sp³-hybridized carbons (Fsp3) is 0.571. The molecule has 0 aromatic carbocycles. The molecule has 0 saturated heterocycles. The zero-order valence-electron chi connectivity index (χ0n) is 6.21. The van der Waals surface area contributed by atoms with Gasteiger partial charge in [-0.05, 0) is 29.3 Å². The third-order valence-corrected chi connectivity index (χ3v) is 2.02. The molecule has 2 nitrogen and oxygen atoms in total. The fourth-order valence-electron chi connectivity index (χ4n) is 0.743. The maximum atomic E-state index is 4.16. The molecule has 0 amide bonds. The van der Waals surface area contributed by atoms with Crippen LogP contribution in [0.25, 0.3) is 0 Å². The van der Waals surface area contributed by atoms with Crippen molar-refractivity contribution in [2.75, 3.05) is 0 Å². The zero-order chi connectivity index (χ0) is 7.56. The summed E-state index contributed by atoms with van der Waals surface area (Å²) in [6, 6.07) is 0.506. The summed E-state index contributed by atoms with van der Waals surface area (Å²) in [5.41, 5.74) is 0. The van der Waals surface area contributed by atoms with Crippen LogP contribution in [0.4, 0.5) is 0 Å². The minimum atomic E-state index is 0.506. The highest BCUT2D eigenvalue weighted by atomic mass is 79.9. The van der Waals surface area contributed by atoms with E-state index in [1.165, 1.54) is 0 Å². The molecule has 3 heteroatoms. The molecule has 1 aromatic rings. The number of rotatable bonds is 2. The van der Waals surface area contributed by atoms with Crippen molar-refractivity contribution in [3.63, 3.8) is 0 Å². The van der Waals surface area contributed by atoms with Crippen LogP contribution >= 0.6 is 15.9 Å². The Morgan fingerprint density at radius 3 is 2.90 bits per heavy atom. The van der Waals surface area contributed by atoms with Gasteiger partial charge in [-0.1, -0.05) is 6.92 Å². The average molecular weight is 203 g/mol.